The normalized spacial score (nSPS) is 22.0. The number of amides is 3. The van der Waals surface area contributed by atoms with Crippen molar-refractivity contribution in [2.24, 2.45) is 18.0 Å². The number of aromatic nitrogens is 3. The fourth-order valence-electron chi connectivity index (χ4n) is 8.61. The van der Waals surface area contributed by atoms with Gasteiger partial charge in [0.2, 0.25) is 23.7 Å². The number of hydrogen-bond donors (Lipinski definition) is 3. The van der Waals surface area contributed by atoms with E-state index < -0.39 is 29.4 Å². The van der Waals surface area contributed by atoms with Crippen LogP contribution in [0, 0.1) is 24.5 Å². The topological polar surface area (TPSA) is 159 Å². The van der Waals surface area contributed by atoms with Crippen molar-refractivity contribution in [2.75, 3.05) is 80.0 Å². The minimum Gasteiger partial charge on any atom is -0.477 e. The second-order valence-electron chi connectivity index (χ2n) is 16.0. The van der Waals surface area contributed by atoms with Crippen molar-refractivity contribution >= 4 is 46.4 Å². The molecular formula is C43H50F2N10O5. The lowest BCUT2D eigenvalue weighted by Gasteiger charge is -2.42. The molecule has 0 spiro atoms. The molecule has 3 N–H and O–H groups in total. The molecule has 2 aromatic heterocycles. The van der Waals surface area contributed by atoms with E-state index >= 15 is 8.78 Å². The molecule has 3 atom stereocenters. The summed E-state index contributed by atoms with van der Waals surface area (Å²) >= 11 is 0. The number of halogens is 2. The SMILES string of the molecule is COC[C@H]1CN(CCNc2cc(F)c([C@H]3CCC(=O)NC3=O)c(F)c2)CCN1c1ccc2c(c1)N1C[C@H](C)CCCOc3c(cnn3C)-c3cc(cc(C)n3)C(=O)/N=C/1N2. The van der Waals surface area contributed by atoms with Gasteiger partial charge in [-0.05, 0) is 74.6 Å². The number of imide groups is 1. The third-order valence-corrected chi connectivity index (χ3v) is 11.6. The van der Waals surface area contributed by atoms with Crippen molar-refractivity contribution in [3.63, 3.8) is 0 Å². The third kappa shape index (κ3) is 8.54. The third-order valence-electron chi connectivity index (χ3n) is 11.6. The second-order valence-corrected chi connectivity index (χ2v) is 16.0. The van der Waals surface area contributed by atoms with E-state index in [1.807, 2.05) is 20.0 Å². The van der Waals surface area contributed by atoms with Crippen LogP contribution < -0.4 is 30.5 Å². The van der Waals surface area contributed by atoms with Gasteiger partial charge in [0.15, 0.2) is 0 Å². The molecule has 4 aromatic rings. The number of piperazine rings is 1. The summed E-state index contributed by atoms with van der Waals surface area (Å²) in [6.07, 6.45) is 3.51. The van der Waals surface area contributed by atoms with Gasteiger partial charge in [-0.3, -0.25) is 29.6 Å². The molecule has 2 aromatic carbocycles. The first-order valence-electron chi connectivity index (χ1n) is 20.5. The highest BCUT2D eigenvalue weighted by atomic mass is 19.1. The van der Waals surface area contributed by atoms with Gasteiger partial charge in [-0.25, -0.2) is 13.5 Å². The number of pyridine rings is 1. The standard InChI is InChI=1S/C43H50F2N10O5/c1-25-6-5-15-60-42-32(21-47-52(42)3)36-17-27(16-26(2)48-36)40(57)51-43-49-35-9-7-29(20-37(35)55(43)22-25)54-14-13-53(23-30(54)24-59-4)12-11-46-28-18-33(44)39(34(45)19-28)31-8-10-38(56)50-41(31)58/h7,9,16-21,25,30-31,46H,5-6,8,10-15,22-24H2,1-4H3,(H,49,51,57)(H,50,56,58)/t25-,30-,31-/m1/s1. The van der Waals surface area contributed by atoms with Crippen LogP contribution >= 0.6 is 0 Å². The maximum absolute atomic E-state index is 15.1. The number of rotatable bonds is 8. The Hall–Kier alpha value is -5.94. The van der Waals surface area contributed by atoms with Crippen molar-refractivity contribution in [1.29, 1.82) is 0 Å². The quantitative estimate of drug-likeness (QED) is 0.203. The fraction of sp³-hybridized carbons (Fsp3) is 0.442. The Morgan fingerprint density at radius 3 is 2.62 bits per heavy atom. The average Bonchev–Trinajstić information content (AvgIpc) is 3.74. The summed E-state index contributed by atoms with van der Waals surface area (Å²) in [7, 11) is 3.51. The number of nitrogens with one attached hydrogen (secondary N) is 3. The molecule has 60 heavy (non-hydrogen) atoms. The highest BCUT2D eigenvalue weighted by molar-refractivity contribution is 6.19. The number of aryl methyl sites for hydroxylation is 2. The Bertz CT molecular complexity index is 2310. The number of nitrogens with zero attached hydrogens (tertiary/aromatic N) is 7. The van der Waals surface area contributed by atoms with Crippen molar-refractivity contribution in [3.8, 4) is 17.1 Å². The van der Waals surface area contributed by atoms with E-state index in [9.17, 15) is 14.4 Å². The summed E-state index contributed by atoms with van der Waals surface area (Å²) in [6, 6.07) is 12.2. The minimum absolute atomic E-state index is 0.0128. The molecule has 2 saturated heterocycles. The molecule has 0 saturated carbocycles. The van der Waals surface area contributed by atoms with Crippen LogP contribution in [0.4, 0.5) is 31.5 Å². The lowest BCUT2D eigenvalue weighted by Crippen LogP contribution is -2.55. The van der Waals surface area contributed by atoms with Crippen molar-refractivity contribution in [1.82, 2.24) is 25.0 Å². The number of piperidine rings is 1. The molecule has 4 aliphatic heterocycles. The first kappa shape index (κ1) is 40.8. The number of carbonyl (C=O) groups is 3. The summed E-state index contributed by atoms with van der Waals surface area (Å²) < 4.78 is 43.9. The van der Waals surface area contributed by atoms with Crippen molar-refractivity contribution in [3.05, 3.63) is 77.1 Å². The molecule has 0 unspecified atom stereocenters. The Kier molecular flexibility index (Phi) is 11.8. The first-order valence-corrected chi connectivity index (χ1v) is 20.5. The Morgan fingerprint density at radius 2 is 1.83 bits per heavy atom. The highest BCUT2D eigenvalue weighted by Crippen LogP contribution is 2.39. The van der Waals surface area contributed by atoms with Gasteiger partial charge in [0.05, 0.1) is 54.0 Å². The number of carbonyl (C=O) groups excluding carboxylic acids is 3. The van der Waals surface area contributed by atoms with Gasteiger partial charge >= 0.3 is 0 Å². The number of aliphatic imine (C=N–C) groups is 1. The minimum atomic E-state index is -1.05. The smallest absolute Gasteiger partial charge is 0.280 e. The number of guanidine groups is 1. The number of hydrogen-bond acceptors (Lipinski definition) is 12. The number of benzene rings is 2. The monoisotopic (exact) mass is 824 g/mol. The molecule has 4 aliphatic rings. The van der Waals surface area contributed by atoms with Crippen LogP contribution in [-0.4, -0.2) is 109 Å². The van der Waals surface area contributed by atoms with Gasteiger partial charge in [-0.2, -0.15) is 10.1 Å². The zero-order chi connectivity index (χ0) is 42.1. The highest BCUT2D eigenvalue weighted by Gasteiger charge is 2.34. The van der Waals surface area contributed by atoms with Gasteiger partial charge in [-0.1, -0.05) is 6.92 Å². The van der Waals surface area contributed by atoms with Crippen LogP contribution in [0.15, 0.2) is 53.7 Å². The van der Waals surface area contributed by atoms with Crippen LogP contribution in [0.25, 0.3) is 11.3 Å². The van der Waals surface area contributed by atoms with E-state index in [0.29, 0.717) is 74.7 Å². The van der Waals surface area contributed by atoms with Crippen LogP contribution in [0.1, 0.15) is 60.1 Å². The van der Waals surface area contributed by atoms with Gasteiger partial charge in [0, 0.05) is 88.0 Å². The molecule has 2 fully saturated rings. The Labute approximate surface area is 347 Å². The summed E-state index contributed by atoms with van der Waals surface area (Å²) in [5.74, 6) is -2.88. The number of fused-ring (bicyclic) bond motifs is 7. The zero-order valence-electron chi connectivity index (χ0n) is 34.3. The maximum Gasteiger partial charge on any atom is 0.280 e. The maximum atomic E-state index is 15.1. The van der Waals surface area contributed by atoms with Gasteiger partial charge in [0.1, 0.15) is 11.6 Å². The van der Waals surface area contributed by atoms with Crippen LogP contribution in [0.2, 0.25) is 0 Å². The summed E-state index contributed by atoms with van der Waals surface area (Å²) in [5, 5.41) is 13.1. The molecule has 316 valence electrons. The summed E-state index contributed by atoms with van der Waals surface area (Å²) in [5.41, 5.74) is 5.19. The van der Waals surface area contributed by atoms with E-state index in [1.165, 1.54) is 12.1 Å². The number of methoxy groups -OCH3 is 1. The zero-order valence-corrected chi connectivity index (χ0v) is 34.3. The van der Waals surface area contributed by atoms with E-state index in [2.05, 4.69) is 59.8 Å². The first-order chi connectivity index (χ1) is 28.9. The molecular weight excluding hydrogens is 775 g/mol. The largest absolute Gasteiger partial charge is 0.477 e. The van der Waals surface area contributed by atoms with Gasteiger partial charge < -0.3 is 29.9 Å². The van der Waals surface area contributed by atoms with E-state index in [1.54, 1.807) is 30.1 Å². The van der Waals surface area contributed by atoms with E-state index in [-0.39, 0.29) is 42.0 Å². The number of ether oxygens (including phenoxy) is 2. The fourth-order valence-corrected chi connectivity index (χ4v) is 8.61. The summed E-state index contributed by atoms with van der Waals surface area (Å²) in [6.45, 7) is 8.86. The van der Waals surface area contributed by atoms with Crippen molar-refractivity contribution < 1.29 is 32.6 Å². The van der Waals surface area contributed by atoms with Crippen LogP contribution in [0.3, 0.4) is 0 Å². The Balaban J connectivity index is 0.968. The molecule has 17 heteroatoms. The molecule has 2 bridgehead atoms. The van der Waals surface area contributed by atoms with Crippen molar-refractivity contribution in [2.45, 2.75) is 51.5 Å². The number of anilines is 4. The predicted molar refractivity (Wildman–Crippen MR) is 224 cm³/mol. The predicted octanol–water partition coefficient (Wildman–Crippen LogP) is 5.08. The molecule has 8 rings (SSSR count). The Morgan fingerprint density at radius 1 is 1.02 bits per heavy atom. The van der Waals surface area contributed by atoms with Gasteiger partial charge in [-0.15, -0.1) is 0 Å². The summed E-state index contributed by atoms with van der Waals surface area (Å²) in [4.78, 5) is 53.8. The molecule has 15 nitrogen and oxygen atoms in total. The average molecular weight is 825 g/mol. The lowest BCUT2D eigenvalue weighted by atomic mass is 9.89. The molecule has 3 amide bonds. The molecule has 6 heterocycles. The van der Waals surface area contributed by atoms with Crippen LogP contribution in [-0.2, 0) is 21.4 Å². The van der Waals surface area contributed by atoms with E-state index in [0.717, 1.165) is 42.0 Å². The van der Waals surface area contributed by atoms with Gasteiger partial charge in [0.25, 0.3) is 5.91 Å². The van der Waals surface area contributed by atoms with E-state index in [4.69, 9.17) is 14.5 Å². The molecule has 0 aliphatic carbocycles. The molecule has 0 radical (unpaired) electrons. The lowest BCUT2D eigenvalue weighted by molar-refractivity contribution is -0.134. The van der Waals surface area contributed by atoms with Crippen LogP contribution in [0.5, 0.6) is 5.88 Å². The second kappa shape index (κ2) is 17.3.